The maximum absolute atomic E-state index is 12.1. The van der Waals surface area contributed by atoms with Crippen molar-refractivity contribution in [1.29, 1.82) is 0 Å². The topological polar surface area (TPSA) is 47.6 Å². The average molecular weight is 297 g/mol. The van der Waals surface area contributed by atoms with Crippen LogP contribution in [0.1, 0.15) is 17.5 Å². The summed E-state index contributed by atoms with van der Waals surface area (Å²) in [5, 5.41) is 2.90. The van der Waals surface area contributed by atoms with Crippen molar-refractivity contribution in [2.24, 2.45) is 0 Å². The van der Waals surface area contributed by atoms with Crippen LogP contribution in [0.2, 0.25) is 0 Å². The highest BCUT2D eigenvalue weighted by atomic mass is 16.6. The van der Waals surface area contributed by atoms with Crippen molar-refractivity contribution < 1.29 is 14.3 Å². The van der Waals surface area contributed by atoms with Gasteiger partial charge < -0.3 is 14.8 Å². The molecule has 0 radical (unpaired) electrons. The Morgan fingerprint density at radius 2 is 1.91 bits per heavy atom. The molecule has 0 fully saturated rings. The number of hydrogen-bond donors (Lipinski definition) is 1. The number of anilines is 1. The van der Waals surface area contributed by atoms with E-state index in [1.54, 1.807) is 6.07 Å². The Labute approximate surface area is 130 Å². The fraction of sp³-hybridized carbons (Fsp3) is 0.278. The minimum Gasteiger partial charge on any atom is -0.486 e. The molecule has 2 aromatic rings. The lowest BCUT2D eigenvalue weighted by Crippen LogP contribution is -2.16. The van der Waals surface area contributed by atoms with Crippen molar-refractivity contribution in [1.82, 2.24) is 0 Å². The maximum atomic E-state index is 12.1. The molecule has 1 aliphatic heterocycles. The molecule has 3 rings (SSSR count). The van der Waals surface area contributed by atoms with E-state index in [-0.39, 0.29) is 5.91 Å². The zero-order chi connectivity index (χ0) is 15.4. The third-order valence-electron chi connectivity index (χ3n) is 3.55. The molecule has 4 heteroatoms. The van der Waals surface area contributed by atoms with Gasteiger partial charge in [0.25, 0.3) is 0 Å². The summed E-state index contributed by atoms with van der Waals surface area (Å²) in [6.07, 6.45) is 1.19. The highest BCUT2D eigenvalue weighted by Gasteiger charge is 2.12. The number of amides is 1. The third-order valence-corrected chi connectivity index (χ3v) is 3.55. The van der Waals surface area contributed by atoms with Crippen molar-refractivity contribution in [2.45, 2.75) is 19.8 Å². The molecule has 1 N–H and O–H groups in total. The first-order valence-corrected chi connectivity index (χ1v) is 7.46. The van der Waals surface area contributed by atoms with Crippen LogP contribution in [-0.2, 0) is 11.2 Å². The number of benzene rings is 2. The van der Waals surface area contributed by atoms with E-state index in [0.717, 1.165) is 17.9 Å². The van der Waals surface area contributed by atoms with Crippen LogP contribution in [0, 0.1) is 6.92 Å². The van der Waals surface area contributed by atoms with E-state index in [9.17, 15) is 4.79 Å². The number of carbonyl (C=O) groups excluding carboxylic acids is 1. The Morgan fingerprint density at radius 1 is 1.09 bits per heavy atom. The van der Waals surface area contributed by atoms with Gasteiger partial charge in [0.15, 0.2) is 11.5 Å². The Kier molecular flexibility index (Phi) is 4.28. The Morgan fingerprint density at radius 3 is 2.73 bits per heavy atom. The second kappa shape index (κ2) is 6.52. The lowest BCUT2D eigenvalue weighted by atomic mass is 10.1. The molecule has 0 spiro atoms. The van der Waals surface area contributed by atoms with Crippen LogP contribution in [0.3, 0.4) is 0 Å². The molecule has 1 amide bonds. The molecule has 0 unspecified atom stereocenters. The Hall–Kier alpha value is -2.49. The van der Waals surface area contributed by atoms with Crippen LogP contribution in [0.25, 0.3) is 0 Å². The number of carbonyl (C=O) groups is 1. The minimum atomic E-state index is -0.00168. The first kappa shape index (κ1) is 14.4. The Bertz CT molecular complexity index is 682. The maximum Gasteiger partial charge on any atom is 0.224 e. The van der Waals surface area contributed by atoms with Crippen LogP contribution in [0.5, 0.6) is 11.5 Å². The molecule has 1 aliphatic rings. The van der Waals surface area contributed by atoms with Gasteiger partial charge in [0, 0.05) is 18.2 Å². The van der Waals surface area contributed by atoms with Gasteiger partial charge in [-0.05, 0) is 31.0 Å². The lowest BCUT2D eigenvalue weighted by Gasteiger charge is -2.19. The van der Waals surface area contributed by atoms with E-state index in [2.05, 4.69) is 24.4 Å². The number of aryl methyl sites for hydroxylation is 2. The summed E-state index contributed by atoms with van der Waals surface area (Å²) < 4.78 is 11.0. The molecule has 1 heterocycles. The monoisotopic (exact) mass is 297 g/mol. The number of fused-ring (bicyclic) bond motifs is 1. The summed E-state index contributed by atoms with van der Waals surface area (Å²) in [6, 6.07) is 13.7. The van der Waals surface area contributed by atoms with Crippen LogP contribution >= 0.6 is 0 Å². The van der Waals surface area contributed by atoms with Crippen LogP contribution in [-0.4, -0.2) is 19.1 Å². The quantitative estimate of drug-likeness (QED) is 0.941. The van der Waals surface area contributed by atoms with E-state index in [0.29, 0.717) is 25.4 Å². The van der Waals surface area contributed by atoms with Gasteiger partial charge in [-0.1, -0.05) is 29.8 Å². The predicted molar refractivity (Wildman–Crippen MR) is 85.6 cm³/mol. The smallest absolute Gasteiger partial charge is 0.224 e. The van der Waals surface area contributed by atoms with Gasteiger partial charge in [-0.15, -0.1) is 0 Å². The van der Waals surface area contributed by atoms with Crippen molar-refractivity contribution in [2.75, 3.05) is 18.5 Å². The molecule has 0 bridgehead atoms. The zero-order valence-corrected chi connectivity index (χ0v) is 12.6. The number of rotatable bonds is 4. The summed E-state index contributed by atoms with van der Waals surface area (Å²) in [7, 11) is 0. The predicted octanol–water partition coefficient (Wildman–Crippen LogP) is 3.34. The van der Waals surface area contributed by atoms with Gasteiger partial charge in [-0.25, -0.2) is 0 Å². The van der Waals surface area contributed by atoms with Crippen LogP contribution in [0.4, 0.5) is 5.69 Å². The van der Waals surface area contributed by atoms with Gasteiger partial charge >= 0.3 is 0 Å². The molecule has 0 aliphatic carbocycles. The van der Waals surface area contributed by atoms with Crippen molar-refractivity contribution in [3.63, 3.8) is 0 Å². The molecule has 2 aromatic carbocycles. The standard InChI is InChI=1S/C18H19NO3/c1-13-3-2-4-14(11-13)5-8-18(20)19-15-6-7-16-17(12-15)22-10-9-21-16/h2-4,6-7,11-12H,5,8-10H2,1H3,(H,19,20). The van der Waals surface area contributed by atoms with Crippen LogP contribution in [0.15, 0.2) is 42.5 Å². The highest BCUT2D eigenvalue weighted by Crippen LogP contribution is 2.32. The fourth-order valence-corrected chi connectivity index (χ4v) is 2.47. The zero-order valence-electron chi connectivity index (χ0n) is 12.6. The second-order valence-electron chi connectivity index (χ2n) is 5.40. The summed E-state index contributed by atoms with van der Waals surface area (Å²) in [5.41, 5.74) is 3.13. The highest BCUT2D eigenvalue weighted by molar-refractivity contribution is 5.91. The van der Waals surface area contributed by atoms with E-state index in [1.807, 2.05) is 24.3 Å². The van der Waals surface area contributed by atoms with Gasteiger partial charge in [-0.3, -0.25) is 4.79 Å². The molecule has 22 heavy (non-hydrogen) atoms. The average Bonchev–Trinajstić information content (AvgIpc) is 2.53. The number of nitrogens with one attached hydrogen (secondary N) is 1. The molecular formula is C18H19NO3. The molecule has 0 atom stereocenters. The first-order valence-electron chi connectivity index (χ1n) is 7.46. The second-order valence-corrected chi connectivity index (χ2v) is 5.40. The van der Waals surface area contributed by atoms with E-state index in [4.69, 9.17) is 9.47 Å². The molecule has 114 valence electrons. The number of ether oxygens (including phenoxy) is 2. The fourth-order valence-electron chi connectivity index (χ4n) is 2.47. The third kappa shape index (κ3) is 3.58. The molecule has 4 nitrogen and oxygen atoms in total. The van der Waals surface area contributed by atoms with Gasteiger partial charge in [0.05, 0.1) is 0 Å². The SMILES string of the molecule is Cc1cccc(CCC(=O)Nc2ccc3c(c2)OCCO3)c1. The van der Waals surface area contributed by atoms with Gasteiger partial charge in [0.2, 0.25) is 5.91 Å². The molecule has 0 saturated heterocycles. The van der Waals surface area contributed by atoms with Crippen molar-refractivity contribution in [3.05, 3.63) is 53.6 Å². The van der Waals surface area contributed by atoms with Crippen molar-refractivity contribution >= 4 is 11.6 Å². The van der Waals surface area contributed by atoms with E-state index < -0.39 is 0 Å². The summed E-state index contributed by atoms with van der Waals surface area (Å²) >= 11 is 0. The van der Waals surface area contributed by atoms with Gasteiger partial charge in [0.1, 0.15) is 13.2 Å². The molecule has 0 aromatic heterocycles. The van der Waals surface area contributed by atoms with Gasteiger partial charge in [-0.2, -0.15) is 0 Å². The first-order chi connectivity index (χ1) is 10.7. The Balaban J connectivity index is 1.57. The van der Waals surface area contributed by atoms with Crippen LogP contribution < -0.4 is 14.8 Å². The largest absolute Gasteiger partial charge is 0.486 e. The lowest BCUT2D eigenvalue weighted by molar-refractivity contribution is -0.116. The summed E-state index contributed by atoms with van der Waals surface area (Å²) in [4.78, 5) is 12.1. The van der Waals surface area contributed by atoms with E-state index in [1.165, 1.54) is 11.1 Å². The van der Waals surface area contributed by atoms with Crippen molar-refractivity contribution in [3.8, 4) is 11.5 Å². The number of hydrogen-bond acceptors (Lipinski definition) is 3. The summed E-state index contributed by atoms with van der Waals surface area (Å²) in [5.74, 6) is 1.41. The normalized spacial score (nSPS) is 12.8. The molecule has 0 saturated carbocycles. The minimum absolute atomic E-state index is 0.00168. The summed E-state index contributed by atoms with van der Waals surface area (Å²) in [6.45, 7) is 3.16. The molecular weight excluding hydrogens is 278 g/mol. The van der Waals surface area contributed by atoms with E-state index >= 15 is 0 Å².